The van der Waals surface area contributed by atoms with Crippen LogP contribution in [-0.2, 0) is 27.2 Å². The van der Waals surface area contributed by atoms with Gasteiger partial charge in [-0.3, -0.25) is 4.79 Å². The van der Waals surface area contributed by atoms with E-state index in [4.69, 9.17) is 4.74 Å². The minimum Gasteiger partial charge on any atom is -0.467 e. The number of carbonyl (C=O) groups is 2. The third kappa shape index (κ3) is 5.63. The van der Waals surface area contributed by atoms with Crippen LogP contribution in [0.2, 0.25) is 0 Å². The summed E-state index contributed by atoms with van der Waals surface area (Å²) in [7, 11) is 1.22. The van der Waals surface area contributed by atoms with E-state index >= 15 is 0 Å². The van der Waals surface area contributed by atoms with Crippen molar-refractivity contribution in [2.45, 2.75) is 18.9 Å². The van der Waals surface area contributed by atoms with Gasteiger partial charge in [0.2, 0.25) is 5.91 Å². The summed E-state index contributed by atoms with van der Waals surface area (Å²) >= 11 is 3.34. The number of esters is 1. The van der Waals surface area contributed by atoms with Crippen molar-refractivity contribution >= 4 is 27.8 Å². The number of hydrogen-bond acceptors (Lipinski definition) is 3. The van der Waals surface area contributed by atoms with Gasteiger partial charge in [0.15, 0.2) is 0 Å². The monoisotopic (exact) mass is 411 g/mol. The summed E-state index contributed by atoms with van der Waals surface area (Å²) in [5.74, 6) is -2.69. The maximum atomic E-state index is 13.6. The molecule has 0 radical (unpaired) electrons. The number of methoxy groups -OCH3 is 1. The molecule has 0 aliphatic carbocycles. The van der Waals surface area contributed by atoms with Crippen LogP contribution in [0, 0.1) is 11.6 Å². The van der Waals surface area contributed by atoms with Crippen LogP contribution in [0.15, 0.2) is 46.9 Å². The van der Waals surface area contributed by atoms with Gasteiger partial charge in [-0.1, -0.05) is 34.1 Å². The van der Waals surface area contributed by atoms with Gasteiger partial charge in [0, 0.05) is 17.0 Å². The van der Waals surface area contributed by atoms with Crippen molar-refractivity contribution in [2.24, 2.45) is 0 Å². The van der Waals surface area contributed by atoms with Crippen LogP contribution in [0.5, 0.6) is 0 Å². The highest BCUT2D eigenvalue weighted by Crippen LogP contribution is 2.14. The molecule has 1 N–H and O–H groups in total. The predicted octanol–water partition coefficient (Wildman–Crippen LogP) is 3.17. The van der Waals surface area contributed by atoms with Gasteiger partial charge in [0.05, 0.1) is 13.5 Å². The number of nitrogens with one attached hydrogen (secondary N) is 1. The van der Waals surface area contributed by atoms with Gasteiger partial charge < -0.3 is 10.1 Å². The van der Waals surface area contributed by atoms with Gasteiger partial charge in [-0.05, 0) is 29.3 Å². The SMILES string of the molecule is COC(=O)[C@@H](Cc1cccc(Br)c1)NC(=O)Cc1ccc(F)cc1F. The standard InChI is InChI=1S/C18H16BrF2NO3/c1-25-18(24)16(8-11-3-2-4-13(19)7-11)22-17(23)9-12-5-6-14(20)10-15(12)21/h2-7,10,16H,8-9H2,1H3,(H,22,23)/t16-/m1/s1. The molecule has 0 spiro atoms. The number of carbonyl (C=O) groups excluding carboxylic acids is 2. The second-order valence-electron chi connectivity index (χ2n) is 5.39. The molecule has 1 amide bonds. The molecule has 0 saturated heterocycles. The van der Waals surface area contributed by atoms with E-state index in [-0.39, 0.29) is 18.4 Å². The third-order valence-corrected chi connectivity index (χ3v) is 4.01. The Kier molecular flexibility index (Phi) is 6.64. The second-order valence-corrected chi connectivity index (χ2v) is 6.31. The molecular formula is C18H16BrF2NO3. The molecule has 132 valence electrons. The van der Waals surface area contributed by atoms with Gasteiger partial charge in [0.25, 0.3) is 0 Å². The summed E-state index contributed by atoms with van der Waals surface area (Å²) in [6.07, 6.45) is -0.0815. The van der Waals surface area contributed by atoms with Crippen LogP contribution >= 0.6 is 15.9 Å². The molecule has 0 unspecified atom stereocenters. The minimum atomic E-state index is -0.907. The summed E-state index contributed by atoms with van der Waals surface area (Å²) < 4.78 is 32.1. The first kappa shape index (κ1) is 19.1. The van der Waals surface area contributed by atoms with Crippen LogP contribution in [0.4, 0.5) is 8.78 Å². The predicted molar refractivity (Wildman–Crippen MR) is 91.9 cm³/mol. The highest BCUT2D eigenvalue weighted by Gasteiger charge is 2.22. The van der Waals surface area contributed by atoms with Crippen molar-refractivity contribution in [2.75, 3.05) is 7.11 Å². The first-order chi connectivity index (χ1) is 11.9. The van der Waals surface area contributed by atoms with Crippen molar-refractivity contribution in [1.29, 1.82) is 0 Å². The van der Waals surface area contributed by atoms with Crippen LogP contribution in [0.1, 0.15) is 11.1 Å². The first-order valence-electron chi connectivity index (χ1n) is 7.44. The highest BCUT2D eigenvalue weighted by atomic mass is 79.9. The summed E-state index contributed by atoms with van der Waals surface area (Å²) in [4.78, 5) is 24.1. The Labute approximate surface area is 152 Å². The van der Waals surface area contributed by atoms with Crippen LogP contribution < -0.4 is 5.32 Å². The normalized spacial score (nSPS) is 11.7. The fraction of sp³-hybridized carbons (Fsp3) is 0.222. The molecule has 0 saturated carbocycles. The van der Waals surface area contributed by atoms with E-state index in [1.165, 1.54) is 13.2 Å². The Morgan fingerprint density at radius 3 is 2.60 bits per heavy atom. The number of halogens is 3. The van der Waals surface area contributed by atoms with Gasteiger partial charge in [0.1, 0.15) is 17.7 Å². The molecule has 2 aromatic rings. The number of ether oxygens (including phenoxy) is 1. The van der Waals surface area contributed by atoms with E-state index < -0.39 is 29.6 Å². The van der Waals surface area contributed by atoms with Crippen LogP contribution in [-0.4, -0.2) is 25.0 Å². The van der Waals surface area contributed by atoms with E-state index in [1.54, 1.807) is 0 Å². The van der Waals surface area contributed by atoms with Crippen molar-refractivity contribution in [3.05, 3.63) is 69.7 Å². The molecular weight excluding hydrogens is 396 g/mol. The van der Waals surface area contributed by atoms with Crippen molar-refractivity contribution < 1.29 is 23.1 Å². The number of amides is 1. The van der Waals surface area contributed by atoms with E-state index in [2.05, 4.69) is 21.2 Å². The molecule has 1 atom stereocenters. The summed E-state index contributed by atoms with van der Waals surface area (Å²) in [5.41, 5.74) is 0.864. The average Bonchev–Trinajstić information content (AvgIpc) is 2.56. The largest absolute Gasteiger partial charge is 0.467 e. The van der Waals surface area contributed by atoms with Gasteiger partial charge in [-0.25, -0.2) is 13.6 Å². The zero-order valence-corrected chi connectivity index (χ0v) is 15.0. The lowest BCUT2D eigenvalue weighted by Gasteiger charge is -2.17. The Bertz CT molecular complexity index is 783. The molecule has 2 aromatic carbocycles. The smallest absolute Gasteiger partial charge is 0.328 e. The van der Waals surface area contributed by atoms with Gasteiger partial charge >= 0.3 is 5.97 Å². The summed E-state index contributed by atoms with van der Waals surface area (Å²) in [5, 5.41) is 2.54. The summed E-state index contributed by atoms with van der Waals surface area (Å²) in [6, 6.07) is 9.36. The zero-order valence-electron chi connectivity index (χ0n) is 13.4. The number of hydrogen-bond donors (Lipinski definition) is 1. The maximum absolute atomic E-state index is 13.6. The summed E-state index contributed by atoms with van der Waals surface area (Å²) in [6.45, 7) is 0. The molecule has 4 nitrogen and oxygen atoms in total. The second kappa shape index (κ2) is 8.71. The average molecular weight is 412 g/mol. The molecule has 2 rings (SSSR count). The zero-order chi connectivity index (χ0) is 18.4. The lowest BCUT2D eigenvalue weighted by atomic mass is 10.1. The first-order valence-corrected chi connectivity index (χ1v) is 8.24. The molecule has 0 aliphatic rings. The van der Waals surface area contributed by atoms with E-state index in [9.17, 15) is 18.4 Å². The Morgan fingerprint density at radius 2 is 1.96 bits per heavy atom. The van der Waals surface area contributed by atoms with Crippen LogP contribution in [0.3, 0.4) is 0 Å². The molecule has 7 heteroatoms. The van der Waals surface area contributed by atoms with Crippen LogP contribution in [0.25, 0.3) is 0 Å². The lowest BCUT2D eigenvalue weighted by Crippen LogP contribution is -2.43. The topological polar surface area (TPSA) is 55.4 Å². The number of benzene rings is 2. The molecule has 0 aromatic heterocycles. The van der Waals surface area contributed by atoms with Gasteiger partial charge in [-0.15, -0.1) is 0 Å². The lowest BCUT2D eigenvalue weighted by molar-refractivity contribution is -0.145. The molecule has 0 heterocycles. The molecule has 0 fully saturated rings. The van der Waals surface area contributed by atoms with Crippen molar-refractivity contribution in [3.8, 4) is 0 Å². The van der Waals surface area contributed by atoms with Crippen molar-refractivity contribution in [1.82, 2.24) is 5.32 Å². The molecule has 25 heavy (non-hydrogen) atoms. The fourth-order valence-electron chi connectivity index (χ4n) is 2.32. The highest BCUT2D eigenvalue weighted by molar-refractivity contribution is 9.10. The quantitative estimate of drug-likeness (QED) is 0.742. The van der Waals surface area contributed by atoms with E-state index in [1.807, 2.05) is 24.3 Å². The Hall–Kier alpha value is -2.28. The minimum absolute atomic E-state index is 0.0463. The maximum Gasteiger partial charge on any atom is 0.328 e. The Morgan fingerprint density at radius 1 is 1.20 bits per heavy atom. The van der Waals surface area contributed by atoms with Crippen molar-refractivity contribution in [3.63, 3.8) is 0 Å². The fourth-order valence-corrected chi connectivity index (χ4v) is 2.77. The molecule has 0 aliphatic heterocycles. The van der Waals surface area contributed by atoms with Gasteiger partial charge in [-0.2, -0.15) is 0 Å². The number of rotatable bonds is 6. The third-order valence-electron chi connectivity index (χ3n) is 3.52. The molecule has 0 bridgehead atoms. The Balaban J connectivity index is 2.08. The van der Waals surface area contributed by atoms with E-state index in [0.717, 1.165) is 16.1 Å². The van der Waals surface area contributed by atoms with E-state index in [0.29, 0.717) is 6.07 Å².